The van der Waals surface area contributed by atoms with Crippen LogP contribution in [0.1, 0.15) is 10.4 Å². The molecule has 0 amide bonds. The third kappa shape index (κ3) is 2.61. The number of benzene rings is 1. The molecule has 0 bridgehead atoms. The summed E-state index contributed by atoms with van der Waals surface area (Å²) >= 11 is 9.63. The average Bonchev–Trinajstić information content (AvgIpc) is 2.18. The summed E-state index contributed by atoms with van der Waals surface area (Å²) in [6.07, 6.45) is 0. The Morgan fingerprint density at radius 1 is 1.36 bits per heavy atom. The molecule has 0 aliphatic rings. The Balaban J connectivity index is 3.01. The van der Waals surface area contributed by atoms with E-state index in [1.54, 1.807) is 12.1 Å². The van der Waals surface area contributed by atoms with Crippen LogP contribution in [0.25, 0.3) is 0 Å². The van der Waals surface area contributed by atoms with E-state index in [1.165, 1.54) is 12.1 Å². The smallest absolute Gasteiger partial charge is 0.347 e. The molecule has 1 aromatic carbocycles. The summed E-state index contributed by atoms with van der Waals surface area (Å²) in [5.74, 6) is -0.594. The van der Waals surface area contributed by atoms with Gasteiger partial charge in [-0.05, 0) is 23.7 Å². The molecule has 1 aromatic rings. The minimum atomic E-state index is -0.703. The Morgan fingerprint density at radius 3 is 2.57 bits per heavy atom. The van der Waals surface area contributed by atoms with Crippen molar-refractivity contribution in [2.24, 2.45) is 0 Å². The Kier molecular flexibility index (Phi) is 3.73. The molecule has 5 heteroatoms. The molecule has 0 unspecified atom stereocenters. The van der Waals surface area contributed by atoms with E-state index < -0.39 is 11.2 Å². The lowest BCUT2D eigenvalue weighted by Gasteiger charge is -2.03. The van der Waals surface area contributed by atoms with Crippen LogP contribution in [0.5, 0.6) is 5.75 Å². The molecule has 0 heterocycles. The molecule has 0 saturated carbocycles. The normalized spacial score (nSPS) is 9.21. The molecule has 0 aliphatic heterocycles. The van der Waals surface area contributed by atoms with Crippen molar-refractivity contribution in [1.29, 1.82) is 0 Å². The van der Waals surface area contributed by atoms with Crippen molar-refractivity contribution in [3.8, 4) is 5.75 Å². The molecular formula is C9H5ClO3S. The summed E-state index contributed by atoms with van der Waals surface area (Å²) in [5, 5.41) is 0.160. The fourth-order valence-electron chi connectivity index (χ4n) is 0.850. The standard InChI is InChI=1S/C9H5ClO3S/c10-9(12)6-3-1-2-4-7(6)13-8(11)5-14/h1-5H. The molecule has 0 fully saturated rings. The van der Waals surface area contributed by atoms with Crippen LogP contribution in [-0.2, 0) is 4.79 Å². The zero-order valence-electron chi connectivity index (χ0n) is 6.90. The fourth-order valence-corrected chi connectivity index (χ4v) is 1.05. The number of para-hydroxylation sites is 1. The SMILES string of the molecule is O=C(C=S)Oc1ccccc1C(=O)Cl. The molecule has 72 valence electrons. The van der Waals surface area contributed by atoms with Crippen LogP contribution in [-0.4, -0.2) is 16.6 Å². The molecule has 0 aliphatic carbocycles. The molecule has 14 heavy (non-hydrogen) atoms. The fraction of sp³-hybridized carbons (Fsp3) is 0. The van der Waals surface area contributed by atoms with Crippen LogP contribution in [0, 0.1) is 0 Å². The van der Waals surface area contributed by atoms with E-state index in [0.29, 0.717) is 0 Å². The van der Waals surface area contributed by atoms with Gasteiger partial charge in [0.1, 0.15) is 5.75 Å². The van der Waals surface area contributed by atoms with Gasteiger partial charge >= 0.3 is 5.97 Å². The van der Waals surface area contributed by atoms with Gasteiger partial charge in [-0.1, -0.05) is 24.4 Å². The topological polar surface area (TPSA) is 43.4 Å². The number of carbonyl (C=O) groups excluding carboxylic acids is 2. The minimum Gasteiger partial charge on any atom is -0.422 e. The quantitative estimate of drug-likeness (QED) is 0.343. The average molecular weight is 229 g/mol. The number of hydrogen-bond donors (Lipinski definition) is 0. The molecule has 1 rings (SSSR count). The first-order valence-electron chi connectivity index (χ1n) is 3.61. The Hall–Kier alpha value is -1.26. The third-order valence-corrected chi connectivity index (χ3v) is 1.80. The first-order chi connectivity index (χ1) is 6.65. The van der Waals surface area contributed by atoms with Crippen molar-refractivity contribution < 1.29 is 14.3 Å². The van der Waals surface area contributed by atoms with Gasteiger partial charge in [0.05, 0.1) is 10.9 Å². The number of esters is 1. The zero-order chi connectivity index (χ0) is 10.6. The van der Waals surface area contributed by atoms with Gasteiger partial charge in [0.2, 0.25) is 0 Å². The van der Waals surface area contributed by atoms with E-state index in [4.69, 9.17) is 16.3 Å². The molecule has 0 N–H and O–H groups in total. The number of halogens is 1. The number of carbonyl (C=O) groups is 2. The number of rotatable bonds is 3. The van der Waals surface area contributed by atoms with Gasteiger partial charge in [-0.2, -0.15) is 0 Å². The maximum Gasteiger partial charge on any atom is 0.347 e. The molecule has 0 aromatic heterocycles. The lowest BCUT2D eigenvalue weighted by molar-refractivity contribution is -0.126. The van der Waals surface area contributed by atoms with Gasteiger partial charge in [0.15, 0.2) is 0 Å². The van der Waals surface area contributed by atoms with E-state index in [1.807, 2.05) is 0 Å². The summed E-state index contributed by atoms with van der Waals surface area (Å²) in [5.41, 5.74) is 0.138. The van der Waals surface area contributed by atoms with Crippen molar-refractivity contribution in [3.63, 3.8) is 0 Å². The maximum absolute atomic E-state index is 10.9. The van der Waals surface area contributed by atoms with E-state index in [2.05, 4.69) is 12.2 Å². The van der Waals surface area contributed by atoms with Crippen LogP contribution in [0.3, 0.4) is 0 Å². The second-order valence-corrected chi connectivity index (χ2v) is 2.89. The summed E-state index contributed by atoms with van der Waals surface area (Å²) < 4.78 is 4.75. The molecule has 0 spiro atoms. The van der Waals surface area contributed by atoms with Crippen LogP contribution in [0.4, 0.5) is 0 Å². The largest absolute Gasteiger partial charge is 0.422 e. The second kappa shape index (κ2) is 4.83. The van der Waals surface area contributed by atoms with Crippen molar-refractivity contribution in [2.45, 2.75) is 0 Å². The monoisotopic (exact) mass is 228 g/mol. The highest BCUT2D eigenvalue weighted by molar-refractivity contribution is 7.80. The Labute approximate surface area is 90.6 Å². The first-order valence-corrected chi connectivity index (χ1v) is 4.46. The van der Waals surface area contributed by atoms with Gasteiger partial charge in [-0.15, -0.1) is 0 Å². The number of hydrogen-bond acceptors (Lipinski definition) is 4. The summed E-state index contributed by atoms with van der Waals surface area (Å²) in [4.78, 5) is 21.7. The minimum absolute atomic E-state index is 0.110. The highest BCUT2D eigenvalue weighted by atomic mass is 35.5. The van der Waals surface area contributed by atoms with Crippen LogP contribution >= 0.6 is 23.8 Å². The maximum atomic E-state index is 10.9. The highest BCUT2D eigenvalue weighted by Gasteiger charge is 2.11. The first kappa shape index (κ1) is 10.8. The van der Waals surface area contributed by atoms with E-state index in [-0.39, 0.29) is 11.3 Å². The van der Waals surface area contributed by atoms with E-state index >= 15 is 0 Å². The van der Waals surface area contributed by atoms with Crippen LogP contribution in [0.15, 0.2) is 24.3 Å². The van der Waals surface area contributed by atoms with Gasteiger partial charge < -0.3 is 4.74 Å². The van der Waals surface area contributed by atoms with Gasteiger partial charge in [-0.3, -0.25) is 4.79 Å². The van der Waals surface area contributed by atoms with Crippen molar-refractivity contribution in [3.05, 3.63) is 29.8 Å². The molecule has 3 nitrogen and oxygen atoms in total. The van der Waals surface area contributed by atoms with Crippen molar-refractivity contribution >= 4 is 40.4 Å². The molecular weight excluding hydrogens is 224 g/mol. The molecule has 0 atom stereocenters. The van der Waals surface area contributed by atoms with E-state index in [9.17, 15) is 9.59 Å². The van der Waals surface area contributed by atoms with Gasteiger partial charge in [-0.25, -0.2) is 4.79 Å². The lowest BCUT2D eigenvalue weighted by atomic mass is 10.2. The van der Waals surface area contributed by atoms with Gasteiger partial charge in [0.25, 0.3) is 5.24 Å². The Bertz CT molecular complexity index is 389. The molecule has 0 saturated heterocycles. The summed E-state index contributed by atoms with van der Waals surface area (Å²) in [7, 11) is 0. The summed E-state index contributed by atoms with van der Waals surface area (Å²) in [6.45, 7) is 0. The number of ether oxygens (including phenoxy) is 1. The van der Waals surface area contributed by atoms with Crippen LogP contribution < -0.4 is 4.74 Å². The summed E-state index contributed by atoms with van der Waals surface area (Å²) in [6, 6.07) is 6.16. The zero-order valence-corrected chi connectivity index (χ0v) is 8.47. The number of thiocarbonyl (C=S) groups is 1. The molecule has 0 radical (unpaired) electrons. The van der Waals surface area contributed by atoms with Crippen molar-refractivity contribution in [2.75, 3.05) is 0 Å². The highest BCUT2D eigenvalue weighted by Crippen LogP contribution is 2.19. The van der Waals surface area contributed by atoms with Crippen molar-refractivity contribution in [1.82, 2.24) is 0 Å². The Morgan fingerprint density at radius 2 is 2.00 bits per heavy atom. The van der Waals surface area contributed by atoms with E-state index in [0.717, 1.165) is 5.37 Å². The predicted octanol–water partition coefficient (Wildman–Crippen LogP) is 1.97. The van der Waals surface area contributed by atoms with Crippen LogP contribution in [0.2, 0.25) is 0 Å². The lowest BCUT2D eigenvalue weighted by Crippen LogP contribution is -2.09. The van der Waals surface area contributed by atoms with Gasteiger partial charge in [0, 0.05) is 0 Å². The third-order valence-electron chi connectivity index (χ3n) is 1.41. The second-order valence-electron chi connectivity index (χ2n) is 2.31. The predicted molar refractivity (Wildman–Crippen MR) is 55.9 cm³/mol.